The van der Waals surface area contributed by atoms with Crippen LogP contribution in [0.2, 0.25) is 0 Å². The molecule has 5 heteroatoms. The number of hydrogen-bond acceptors (Lipinski definition) is 3. The predicted octanol–water partition coefficient (Wildman–Crippen LogP) is 1.42. The average Bonchev–Trinajstić information content (AvgIpc) is 2.28. The van der Waals surface area contributed by atoms with Crippen molar-refractivity contribution >= 4 is 15.9 Å². The molecular weight excluding hydrogens is 277 g/mol. The molecule has 1 aromatic carbocycles. The third-order valence-electron chi connectivity index (χ3n) is 2.29. The first-order valence-electron chi connectivity index (χ1n) is 5.06. The summed E-state index contributed by atoms with van der Waals surface area (Å²) in [7, 11) is 0. The molecule has 1 rings (SSSR count). The summed E-state index contributed by atoms with van der Waals surface area (Å²) in [6.07, 6.45) is 0.451. The molecule has 0 saturated carbocycles. The van der Waals surface area contributed by atoms with Crippen LogP contribution in [-0.4, -0.2) is 29.5 Å². The minimum absolute atomic E-state index is 0.000801. The first kappa shape index (κ1) is 13.6. The molecule has 1 aromatic rings. The van der Waals surface area contributed by atoms with Gasteiger partial charge in [-0.1, -0.05) is 15.9 Å². The molecule has 0 aliphatic carbocycles. The van der Waals surface area contributed by atoms with Crippen molar-refractivity contribution in [2.45, 2.75) is 19.0 Å². The van der Waals surface area contributed by atoms with Gasteiger partial charge in [-0.15, -0.1) is 0 Å². The molecule has 3 nitrogen and oxygen atoms in total. The number of aliphatic hydroxyl groups excluding tert-OH is 2. The Balaban J connectivity index is 2.55. The maximum Gasteiger partial charge on any atom is 0.127 e. The van der Waals surface area contributed by atoms with Crippen LogP contribution >= 0.6 is 15.9 Å². The number of halogens is 2. The molecule has 0 fully saturated rings. The molecule has 3 N–H and O–H groups in total. The Hall–Kier alpha value is -0.490. The van der Waals surface area contributed by atoms with Gasteiger partial charge in [0.1, 0.15) is 5.82 Å². The lowest BCUT2D eigenvalue weighted by molar-refractivity contribution is 0.199. The lowest BCUT2D eigenvalue weighted by Crippen LogP contribution is -2.33. The summed E-state index contributed by atoms with van der Waals surface area (Å²) in [5.74, 6) is -0.281. The van der Waals surface area contributed by atoms with E-state index >= 15 is 0 Å². The number of aliphatic hydroxyl groups is 2. The molecular formula is C11H15BrFNO2. The van der Waals surface area contributed by atoms with Gasteiger partial charge in [-0.25, -0.2) is 4.39 Å². The summed E-state index contributed by atoms with van der Waals surface area (Å²) >= 11 is 3.27. The maximum absolute atomic E-state index is 13.3. The summed E-state index contributed by atoms with van der Waals surface area (Å²) in [5, 5.41) is 20.7. The minimum atomic E-state index is -0.281. The smallest absolute Gasteiger partial charge is 0.127 e. The van der Waals surface area contributed by atoms with Crippen molar-refractivity contribution in [3.05, 3.63) is 34.1 Å². The first-order valence-corrected chi connectivity index (χ1v) is 5.85. The monoisotopic (exact) mass is 291 g/mol. The normalized spacial score (nSPS) is 12.8. The van der Waals surface area contributed by atoms with Gasteiger partial charge in [-0.2, -0.15) is 0 Å². The zero-order valence-electron chi connectivity index (χ0n) is 8.79. The van der Waals surface area contributed by atoms with Crippen LogP contribution in [0.3, 0.4) is 0 Å². The predicted molar refractivity (Wildman–Crippen MR) is 63.5 cm³/mol. The molecule has 0 aliphatic heterocycles. The van der Waals surface area contributed by atoms with Crippen LogP contribution in [-0.2, 0) is 6.54 Å². The van der Waals surface area contributed by atoms with Crippen LogP contribution in [0.15, 0.2) is 22.7 Å². The molecule has 0 amide bonds. The molecule has 1 atom stereocenters. The maximum atomic E-state index is 13.3. The molecule has 0 heterocycles. The van der Waals surface area contributed by atoms with Crippen molar-refractivity contribution in [3.63, 3.8) is 0 Å². The molecule has 0 radical (unpaired) electrons. The molecule has 90 valence electrons. The van der Waals surface area contributed by atoms with Crippen molar-refractivity contribution in [1.82, 2.24) is 5.32 Å². The fourth-order valence-corrected chi connectivity index (χ4v) is 1.76. The van der Waals surface area contributed by atoms with Crippen molar-refractivity contribution < 1.29 is 14.6 Å². The summed E-state index contributed by atoms with van der Waals surface area (Å²) in [4.78, 5) is 0. The second kappa shape index (κ2) is 6.96. The summed E-state index contributed by atoms with van der Waals surface area (Å²) in [5.41, 5.74) is 0.533. The standard InChI is InChI=1S/C11H15BrFNO2/c12-9-1-2-11(13)8(5-9)6-14-10(7-16)3-4-15/h1-2,5,10,14-16H,3-4,6-7H2. The van der Waals surface area contributed by atoms with Gasteiger partial charge in [-0.3, -0.25) is 0 Å². The van der Waals surface area contributed by atoms with E-state index in [2.05, 4.69) is 21.2 Å². The molecule has 0 aliphatic rings. The lowest BCUT2D eigenvalue weighted by atomic mass is 10.2. The third-order valence-corrected chi connectivity index (χ3v) is 2.78. The van der Waals surface area contributed by atoms with Gasteiger partial charge in [0.2, 0.25) is 0 Å². The minimum Gasteiger partial charge on any atom is -0.396 e. The Labute approximate surface area is 102 Å². The summed E-state index contributed by atoms with van der Waals surface area (Å²) < 4.78 is 14.2. The van der Waals surface area contributed by atoms with E-state index in [1.165, 1.54) is 6.07 Å². The Bertz CT molecular complexity index is 336. The Morgan fingerprint density at radius 2 is 2.12 bits per heavy atom. The van der Waals surface area contributed by atoms with E-state index in [-0.39, 0.29) is 25.1 Å². The molecule has 0 spiro atoms. The number of rotatable bonds is 6. The van der Waals surface area contributed by atoms with Crippen LogP contribution < -0.4 is 5.32 Å². The van der Waals surface area contributed by atoms with Crippen LogP contribution in [0, 0.1) is 5.82 Å². The molecule has 16 heavy (non-hydrogen) atoms. The fourth-order valence-electron chi connectivity index (χ4n) is 1.35. The van der Waals surface area contributed by atoms with Crippen LogP contribution in [0.5, 0.6) is 0 Å². The fraction of sp³-hybridized carbons (Fsp3) is 0.455. The van der Waals surface area contributed by atoms with E-state index in [1.807, 2.05) is 0 Å². The van der Waals surface area contributed by atoms with E-state index < -0.39 is 0 Å². The highest BCUT2D eigenvalue weighted by Crippen LogP contribution is 2.15. The van der Waals surface area contributed by atoms with Crippen LogP contribution in [0.25, 0.3) is 0 Å². The van der Waals surface area contributed by atoms with Gasteiger partial charge < -0.3 is 15.5 Å². The van der Waals surface area contributed by atoms with E-state index in [4.69, 9.17) is 10.2 Å². The van der Waals surface area contributed by atoms with Gasteiger partial charge in [-0.05, 0) is 24.6 Å². The lowest BCUT2D eigenvalue weighted by Gasteiger charge is -2.15. The van der Waals surface area contributed by atoms with Gasteiger partial charge in [0.05, 0.1) is 6.61 Å². The van der Waals surface area contributed by atoms with Gasteiger partial charge in [0.25, 0.3) is 0 Å². The zero-order chi connectivity index (χ0) is 12.0. The number of nitrogens with one attached hydrogen (secondary N) is 1. The van der Waals surface area contributed by atoms with Crippen molar-refractivity contribution in [3.8, 4) is 0 Å². The summed E-state index contributed by atoms with van der Waals surface area (Å²) in [6, 6.07) is 4.51. The molecule has 0 bridgehead atoms. The van der Waals surface area contributed by atoms with Crippen molar-refractivity contribution in [2.75, 3.05) is 13.2 Å². The highest BCUT2D eigenvalue weighted by molar-refractivity contribution is 9.10. The number of hydrogen-bond donors (Lipinski definition) is 3. The SMILES string of the molecule is OCCC(CO)NCc1cc(Br)ccc1F. The average molecular weight is 292 g/mol. The van der Waals surface area contributed by atoms with Gasteiger partial charge in [0, 0.05) is 29.2 Å². The van der Waals surface area contributed by atoms with Crippen LogP contribution in [0.1, 0.15) is 12.0 Å². The second-order valence-corrected chi connectivity index (χ2v) is 4.42. The van der Waals surface area contributed by atoms with Crippen molar-refractivity contribution in [2.24, 2.45) is 0 Å². The molecule has 1 unspecified atom stereocenters. The second-order valence-electron chi connectivity index (χ2n) is 3.51. The Kier molecular flexibility index (Phi) is 5.90. The quantitative estimate of drug-likeness (QED) is 0.743. The molecule has 0 saturated heterocycles. The highest BCUT2D eigenvalue weighted by Gasteiger charge is 2.08. The molecule has 0 aromatic heterocycles. The van der Waals surface area contributed by atoms with Crippen LogP contribution in [0.4, 0.5) is 4.39 Å². The van der Waals surface area contributed by atoms with E-state index in [0.717, 1.165) is 4.47 Å². The van der Waals surface area contributed by atoms with E-state index in [0.29, 0.717) is 18.5 Å². The van der Waals surface area contributed by atoms with Gasteiger partial charge >= 0.3 is 0 Å². The third kappa shape index (κ3) is 4.17. The Morgan fingerprint density at radius 1 is 1.38 bits per heavy atom. The largest absolute Gasteiger partial charge is 0.396 e. The van der Waals surface area contributed by atoms with Crippen molar-refractivity contribution in [1.29, 1.82) is 0 Å². The van der Waals surface area contributed by atoms with E-state index in [9.17, 15) is 4.39 Å². The zero-order valence-corrected chi connectivity index (χ0v) is 10.4. The van der Waals surface area contributed by atoms with E-state index in [1.54, 1.807) is 12.1 Å². The number of benzene rings is 1. The summed E-state index contributed by atoms with van der Waals surface area (Å²) in [6.45, 7) is 0.256. The first-order chi connectivity index (χ1) is 7.67. The topological polar surface area (TPSA) is 52.5 Å². The van der Waals surface area contributed by atoms with Gasteiger partial charge in [0.15, 0.2) is 0 Å². The Morgan fingerprint density at radius 3 is 2.75 bits per heavy atom. The highest BCUT2D eigenvalue weighted by atomic mass is 79.9.